The molecule has 0 saturated heterocycles. The molecule has 0 spiro atoms. The third-order valence-electron chi connectivity index (χ3n) is 3.65. The molecule has 4 nitrogen and oxygen atoms in total. The highest BCUT2D eigenvalue weighted by molar-refractivity contribution is 8.00. The fourth-order valence-electron chi connectivity index (χ4n) is 2.44. The smallest absolute Gasteiger partial charge is 0.230 e. The van der Waals surface area contributed by atoms with E-state index < -0.39 is 0 Å². The van der Waals surface area contributed by atoms with E-state index in [9.17, 15) is 4.79 Å². The number of hydrogen-bond acceptors (Lipinski definition) is 4. The lowest BCUT2D eigenvalue weighted by Crippen LogP contribution is -2.28. The average molecular weight is 392 g/mol. The number of thioether (sulfide) groups is 1. The molecule has 1 amide bonds. The van der Waals surface area contributed by atoms with Crippen LogP contribution in [0.15, 0.2) is 53.8 Å². The minimum Gasteiger partial charge on any atom is -0.349 e. The minimum atomic E-state index is -0.208. The van der Waals surface area contributed by atoms with Crippen molar-refractivity contribution in [3.05, 3.63) is 64.4 Å². The number of benzene rings is 2. The van der Waals surface area contributed by atoms with E-state index in [0.29, 0.717) is 10.0 Å². The third-order valence-corrected chi connectivity index (χ3v) is 5.22. The number of rotatable bonds is 5. The molecule has 1 atom stereocenters. The number of halogens is 2. The van der Waals surface area contributed by atoms with Gasteiger partial charge in [0, 0.05) is 15.4 Å². The molecule has 0 unspecified atom stereocenters. The van der Waals surface area contributed by atoms with E-state index in [1.54, 1.807) is 12.1 Å². The molecule has 0 fully saturated rings. The Balaban J connectivity index is 1.64. The van der Waals surface area contributed by atoms with Crippen molar-refractivity contribution in [2.75, 3.05) is 5.75 Å². The number of carbonyl (C=O) groups excluding carboxylic acids is 1. The van der Waals surface area contributed by atoms with Crippen LogP contribution in [-0.4, -0.2) is 21.6 Å². The first kappa shape index (κ1) is 18.0. The van der Waals surface area contributed by atoms with Crippen molar-refractivity contribution in [1.29, 1.82) is 0 Å². The summed E-state index contributed by atoms with van der Waals surface area (Å²) in [6, 6.07) is 12.8. The summed E-state index contributed by atoms with van der Waals surface area (Å²) in [4.78, 5) is 20.8. The molecule has 25 heavy (non-hydrogen) atoms. The number of nitrogens with one attached hydrogen (secondary N) is 1. The number of fused-ring (bicyclic) bond motifs is 1. The first-order valence-electron chi connectivity index (χ1n) is 7.61. The summed E-state index contributed by atoms with van der Waals surface area (Å²) in [5.41, 5.74) is 1.69. The molecular formula is C18H15Cl2N3OS. The molecule has 0 saturated carbocycles. The Kier molecular flexibility index (Phi) is 5.78. The second kappa shape index (κ2) is 8.04. The van der Waals surface area contributed by atoms with Crippen molar-refractivity contribution < 1.29 is 4.79 Å². The number of carbonyl (C=O) groups is 1. The molecule has 2 aromatic carbocycles. The van der Waals surface area contributed by atoms with Gasteiger partial charge in [-0.05, 0) is 30.7 Å². The normalized spacial score (nSPS) is 12.1. The average Bonchev–Trinajstić information content (AvgIpc) is 2.59. The Hall–Kier alpha value is -1.82. The van der Waals surface area contributed by atoms with Crippen LogP contribution in [0, 0.1) is 0 Å². The molecule has 0 aliphatic rings. The fourth-order valence-corrected chi connectivity index (χ4v) is 3.82. The molecule has 0 aliphatic carbocycles. The van der Waals surface area contributed by atoms with E-state index in [-0.39, 0.29) is 17.7 Å². The topological polar surface area (TPSA) is 54.9 Å². The SMILES string of the molecule is C[C@@H](NC(=O)CSc1ncnc2ccccc12)c1ccc(Cl)cc1Cl. The van der Waals surface area contributed by atoms with Crippen LogP contribution in [-0.2, 0) is 4.79 Å². The van der Waals surface area contributed by atoms with Crippen molar-refractivity contribution in [3.8, 4) is 0 Å². The van der Waals surface area contributed by atoms with Crippen LogP contribution in [0.2, 0.25) is 10.0 Å². The summed E-state index contributed by atoms with van der Waals surface area (Å²) in [7, 11) is 0. The van der Waals surface area contributed by atoms with Gasteiger partial charge in [0.05, 0.1) is 17.3 Å². The van der Waals surface area contributed by atoms with Crippen molar-refractivity contribution in [3.63, 3.8) is 0 Å². The summed E-state index contributed by atoms with van der Waals surface area (Å²) >= 11 is 13.5. The Morgan fingerprint density at radius 3 is 2.80 bits per heavy atom. The van der Waals surface area contributed by atoms with Gasteiger partial charge in [-0.3, -0.25) is 4.79 Å². The second-order valence-corrected chi connectivity index (χ2v) is 7.25. The third kappa shape index (κ3) is 4.42. The number of hydrogen-bond donors (Lipinski definition) is 1. The van der Waals surface area contributed by atoms with Crippen molar-refractivity contribution in [2.24, 2.45) is 0 Å². The standard InChI is InChI=1S/C18H15Cl2N3OS/c1-11(13-7-6-12(19)8-15(13)20)23-17(24)9-25-18-14-4-2-3-5-16(14)21-10-22-18/h2-8,10-11H,9H2,1H3,(H,23,24)/t11-/m1/s1. The zero-order chi connectivity index (χ0) is 17.8. The summed E-state index contributed by atoms with van der Waals surface area (Å²) in [6.07, 6.45) is 1.51. The van der Waals surface area contributed by atoms with Gasteiger partial charge in [0.15, 0.2) is 0 Å². The molecule has 0 radical (unpaired) electrons. The van der Waals surface area contributed by atoms with Crippen molar-refractivity contribution in [2.45, 2.75) is 18.0 Å². The van der Waals surface area contributed by atoms with Crippen LogP contribution in [0.3, 0.4) is 0 Å². The number of nitrogens with zero attached hydrogens (tertiary/aromatic N) is 2. The maximum atomic E-state index is 12.3. The van der Waals surface area contributed by atoms with Crippen LogP contribution in [0.4, 0.5) is 0 Å². The van der Waals surface area contributed by atoms with Gasteiger partial charge < -0.3 is 5.32 Å². The quantitative estimate of drug-likeness (QED) is 0.495. The Labute approximate surface area is 160 Å². The van der Waals surface area contributed by atoms with E-state index in [4.69, 9.17) is 23.2 Å². The molecule has 3 rings (SSSR count). The lowest BCUT2D eigenvalue weighted by atomic mass is 10.1. The highest BCUT2D eigenvalue weighted by Gasteiger charge is 2.14. The number of amides is 1. The van der Waals surface area contributed by atoms with E-state index in [1.165, 1.54) is 18.1 Å². The van der Waals surface area contributed by atoms with Gasteiger partial charge in [-0.1, -0.05) is 59.2 Å². The first-order valence-corrected chi connectivity index (χ1v) is 9.35. The summed E-state index contributed by atoms with van der Waals surface area (Å²) < 4.78 is 0. The van der Waals surface area contributed by atoms with Crippen LogP contribution in [0.5, 0.6) is 0 Å². The van der Waals surface area contributed by atoms with Gasteiger partial charge in [-0.2, -0.15) is 0 Å². The lowest BCUT2D eigenvalue weighted by molar-refractivity contribution is -0.119. The molecule has 0 aliphatic heterocycles. The summed E-state index contributed by atoms with van der Waals surface area (Å²) in [5, 5.41) is 5.78. The van der Waals surface area contributed by atoms with E-state index >= 15 is 0 Å². The van der Waals surface area contributed by atoms with E-state index in [2.05, 4.69) is 15.3 Å². The molecular weight excluding hydrogens is 377 g/mol. The largest absolute Gasteiger partial charge is 0.349 e. The Morgan fingerprint density at radius 2 is 2.00 bits per heavy atom. The highest BCUT2D eigenvalue weighted by Crippen LogP contribution is 2.27. The van der Waals surface area contributed by atoms with Crippen LogP contribution in [0.1, 0.15) is 18.5 Å². The van der Waals surface area contributed by atoms with Gasteiger partial charge in [0.1, 0.15) is 11.4 Å². The van der Waals surface area contributed by atoms with Gasteiger partial charge in [-0.15, -0.1) is 0 Å². The van der Waals surface area contributed by atoms with Crippen molar-refractivity contribution in [1.82, 2.24) is 15.3 Å². The molecule has 1 heterocycles. The Morgan fingerprint density at radius 1 is 1.20 bits per heavy atom. The Bertz CT molecular complexity index is 914. The van der Waals surface area contributed by atoms with Crippen LogP contribution >= 0.6 is 35.0 Å². The fraction of sp³-hybridized carbons (Fsp3) is 0.167. The predicted octanol–water partition coefficient (Wildman–Crippen LogP) is 4.91. The maximum absolute atomic E-state index is 12.3. The second-order valence-electron chi connectivity index (χ2n) is 5.44. The van der Waals surface area contributed by atoms with Crippen molar-refractivity contribution >= 4 is 51.8 Å². The predicted molar refractivity (Wildman–Crippen MR) is 103 cm³/mol. The lowest BCUT2D eigenvalue weighted by Gasteiger charge is -2.16. The monoisotopic (exact) mass is 391 g/mol. The van der Waals surface area contributed by atoms with E-state index in [0.717, 1.165) is 21.5 Å². The van der Waals surface area contributed by atoms with E-state index in [1.807, 2.05) is 37.3 Å². The highest BCUT2D eigenvalue weighted by atomic mass is 35.5. The van der Waals surface area contributed by atoms with Gasteiger partial charge in [-0.25, -0.2) is 9.97 Å². The molecule has 0 bridgehead atoms. The molecule has 1 N–H and O–H groups in total. The van der Waals surface area contributed by atoms with Crippen LogP contribution < -0.4 is 5.32 Å². The number of aromatic nitrogens is 2. The molecule has 1 aromatic heterocycles. The molecule has 3 aromatic rings. The zero-order valence-electron chi connectivity index (χ0n) is 13.4. The number of para-hydroxylation sites is 1. The van der Waals surface area contributed by atoms with Gasteiger partial charge in [0.2, 0.25) is 5.91 Å². The molecule has 128 valence electrons. The van der Waals surface area contributed by atoms with Gasteiger partial charge >= 0.3 is 0 Å². The summed E-state index contributed by atoms with van der Waals surface area (Å²) in [6.45, 7) is 1.89. The summed E-state index contributed by atoms with van der Waals surface area (Å²) in [5.74, 6) is 0.169. The van der Waals surface area contributed by atoms with Crippen LogP contribution in [0.25, 0.3) is 10.9 Å². The first-order chi connectivity index (χ1) is 12.0. The zero-order valence-corrected chi connectivity index (χ0v) is 15.7. The molecule has 7 heteroatoms. The van der Waals surface area contributed by atoms with Gasteiger partial charge in [0.25, 0.3) is 0 Å². The minimum absolute atomic E-state index is 0.0915. The maximum Gasteiger partial charge on any atom is 0.230 e.